The smallest absolute Gasteiger partial charge is 0.407 e. The van der Waals surface area contributed by atoms with E-state index in [2.05, 4.69) is 11.9 Å². The van der Waals surface area contributed by atoms with Crippen molar-refractivity contribution in [2.75, 3.05) is 6.61 Å². The highest BCUT2D eigenvalue weighted by atomic mass is 16.5. The van der Waals surface area contributed by atoms with Gasteiger partial charge < -0.3 is 10.1 Å². The van der Waals surface area contributed by atoms with Gasteiger partial charge in [0.25, 0.3) is 0 Å². The number of amides is 1. The van der Waals surface area contributed by atoms with E-state index in [1.165, 1.54) is 19.9 Å². The summed E-state index contributed by atoms with van der Waals surface area (Å²) in [6.07, 6.45) is 0.737. The molecule has 0 heterocycles. The highest BCUT2D eigenvalue weighted by molar-refractivity contribution is 6.01. The van der Waals surface area contributed by atoms with Crippen LogP contribution in [0, 0.1) is 5.92 Å². The molecule has 0 aliphatic rings. The van der Waals surface area contributed by atoms with E-state index >= 15 is 0 Å². The second kappa shape index (κ2) is 7.99. The van der Waals surface area contributed by atoms with Crippen LogP contribution < -0.4 is 5.32 Å². The topological polar surface area (TPSA) is 72.5 Å². The first-order chi connectivity index (χ1) is 9.97. The molecule has 1 aromatic carbocycles. The van der Waals surface area contributed by atoms with Crippen LogP contribution in [0.4, 0.5) is 4.79 Å². The summed E-state index contributed by atoms with van der Waals surface area (Å²) in [5, 5.41) is 2.58. The van der Waals surface area contributed by atoms with Crippen molar-refractivity contribution in [3.8, 4) is 0 Å². The van der Waals surface area contributed by atoms with E-state index in [0.717, 1.165) is 0 Å². The molecule has 112 valence electrons. The van der Waals surface area contributed by atoms with E-state index in [0.29, 0.717) is 5.56 Å². The van der Waals surface area contributed by atoms with E-state index in [1.54, 1.807) is 24.3 Å². The van der Waals surface area contributed by atoms with Crippen molar-refractivity contribution in [1.82, 2.24) is 5.32 Å². The van der Waals surface area contributed by atoms with E-state index in [9.17, 15) is 14.4 Å². The Balaban J connectivity index is 3.05. The molecule has 0 aliphatic carbocycles. The number of Topliss-reactive ketones (excluding diaryl/α,β-unsaturated/α-hetero) is 2. The van der Waals surface area contributed by atoms with Crippen molar-refractivity contribution in [3.05, 3.63) is 48.6 Å². The molecule has 1 rings (SSSR count). The summed E-state index contributed by atoms with van der Waals surface area (Å²) >= 11 is 0. The lowest BCUT2D eigenvalue weighted by molar-refractivity contribution is -0.131. The molecular formula is C16H19NO4. The van der Waals surface area contributed by atoms with Crippen LogP contribution in [0.15, 0.2) is 43.0 Å². The number of carbonyl (C=O) groups excluding carboxylic acids is 3. The minimum atomic E-state index is -0.941. The highest BCUT2D eigenvalue weighted by Gasteiger charge is 2.32. The molecule has 0 radical (unpaired) electrons. The summed E-state index contributed by atoms with van der Waals surface area (Å²) in [6.45, 7) is 6.17. The molecule has 0 saturated carbocycles. The fraction of sp³-hybridized carbons (Fsp3) is 0.312. The van der Waals surface area contributed by atoms with Gasteiger partial charge in [-0.3, -0.25) is 9.59 Å². The van der Waals surface area contributed by atoms with Crippen LogP contribution in [-0.2, 0) is 14.3 Å². The predicted octanol–water partition coefficient (Wildman–Crippen LogP) is 2.43. The second-order valence-corrected chi connectivity index (χ2v) is 4.62. The zero-order chi connectivity index (χ0) is 15.8. The van der Waals surface area contributed by atoms with Crippen LogP contribution in [0.25, 0.3) is 0 Å². The molecule has 21 heavy (non-hydrogen) atoms. The molecule has 0 fully saturated rings. The molecule has 0 aliphatic heterocycles. The Morgan fingerprint density at radius 2 is 1.76 bits per heavy atom. The lowest BCUT2D eigenvalue weighted by atomic mass is 9.87. The van der Waals surface area contributed by atoms with E-state index in [4.69, 9.17) is 4.74 Å². The van der Waals surface area contributed by atoms with Gasteiger partial charge in [-0.25, -0.2) is 4.79 Å². The first-order valence-corrected chi connectivity index (χ1v) is 6.57. The molecular weight excluding hydrogens is 270 g/mol. The molecule has 5 nitrogen and oxygen atoms in total. The first kappa shape index (κ1) is 16.6. The van der Waals surface area contributed by atoms with Gasteiger partial charge in [-0.2, -0.15) is 0 Å². The number of benzene rings is 1. The van der Waals surface area contributed by atoms with Gasteiger partial charge in [0, 0.05) is 0 Å². The minimum absolute atomic E-state index is 0.0537. The molecule has 0 saturated heterocycles. The first-order valence-electron chi connectivity index (χ1n) is 6.57. The van der Waals surface area contributed by atoms with Gasteiger partial charge in [-0.05, 0) is 19.4 Å². The summed E-state index contributed by atoms with van der Waals surface area (Å²) in [4.78, 5) is 35.3. The Bertz CT molecular complexity index is 510. The van der Waals surface area contributed by atoms with E-state index < -0.39 is 18.1 Å². The van der Waals surface area contributed by atoms with Crippen LogP contribution in [0.3, 0.4) is 0 Å². The van der Waals surface area contributed by atoms with Crippen molar-refractivity contribution >= 4 is 17.7 Å². The summed E-state index contributed by atoms with van der Waals surface area (Å²) in [7, 11) is 0. The number of nitrogens with one attached hydrogen (secondary N) is 1. The number of alkyl carbamates (subject to hydrolysis) is 1. The number of hydrogen-bond donors (Lipinski definition) is 1. The lowest BCUT2D eigenvalue weighted by Crippen LogP contribution is -2.39. The third-order valence-electron chi connectivity index (χ3n) is 2.97. The largest absolute Gasteiger partial charge is 0.445 e. The van der Waals surface area contributed by atoms with Crippen molar-refractivity contribution in [1.29, 1.82) is 0 Å². The number of carbonyl (C=O) groups is 3. The quantitative estimate of drug-likeness (QED) is 0.618. The Kier molecular flexibility index (Phi) is 6.33. The van der Waals surface area contributed by atoms with Gasteiger partial charge in [-0.1, -0.05) is 43.0 Å². The molecule has 0 aromatic heterocycles. The van der Waals surface area contributed by atoms with Crippen LogP contribution >= 0.6 is 0 Å². The second-order valence-electron chi connectivity index (χ2n) is 4.62. The maximum Gasteiger partial charge on any atom is 0.407 e. The molecule has 1 atom stereocenters. The van der Waals surface area contributed by atoms with Gasteiger partial charge in [0.2, 0.25) is 0 Å². The molecule has 1 aromatic rings. The highest BCUT2D eigenvalue weighted by Crippen LogP contribution is 2.24. The minimum Gasteiger partial charge on any atom is -0.445 e. The SMILES string of the molecule is C=CCOC(=O)N[C@H](c1ccccc1)C(C(C)=O)C(C)=O. The summed E-state index contributed by atoms with van der Waals surface area (Å²) in [6, 6.07) is 8.10. The number of ether oxygens (including phenoxy) is 1. The molecule has 0 unspecified atom stereocenters. The van der Waals surface area contributed by atoms with Gasteiger partial charge in [-0.15, -0.1) is 0 Å². The van der Waals surface area contributed by atoms with E-state index in [1.807, 2.05) is 6.07 Å². The zero-order valence-electron chi connectivity index (χ0n) is 12.2. The van der Waals surface area contributed by atoms with Crippen molar-refractivity contribution in [2.45, 2.75) is 19.9 Å². The Morgan fingerprint density at radius 3 is 2.24 bits per heavy atom. The van der Waals surface area contributed by atoms with Crippen molar-refractivity contribution < 1.29 is 19.1 Å². The normalized spacial score (nSPS) is 11.6. The maximum atomic E-state index is 11.8. The number of rotatable bonds is 7. The molecule has 0 bridgehead atoms. The molecule has 1 N–H and O–H groups in total. The summed E-state index contributed by atoms with van der Waals surface area (Å²) in [5.41, 5.74) is 0.670. The van der Waals surface area contributed by atoms with Gasteiger partial charge in [0.15, 0.2) is 0 Å². The van der Waals surface area contributed by atoms with Crippen LogP contribution in [-0.4, -0.2) is 24.3 Å². The third-order valence-corrected chi connectivity index (χ3v) is 2.97. The van der Waals surface area contributed by atoms with Crippen molar-refractivity contribution in [2.24, 2.45) is 5.92 Å². The molecule has 1 amide bonds. The standard InChI is InChI=1S/C16H19NO4/c1-4-10-21-16(20)17-15(13-8-6-5-7-9-13)14(11(2)18)12(3)19/h4-9,14-15H,1,10H2,2-3H3,(H,17,20)/t15-/m1/s1. The van der Waals surface area contributed by atoms with Crippen LogP contribution in [0.5, 0.6) is 0 Å². The Hall–Kier alpha value is -2.43. The molecule has 5 heteroatoms. The van der Waals surface area contributed by atoms with E-state index in [-0.39, 0.29) is 18.2 Å². The average Bonchev–Trinajstić information content (AvgIpc) is 2.44. The van der Waals surface area contributed by atoms with Crippen molar-refractivity contribution in [3.63, 3.8) is 0 Å². The van der Waals surface area contributed by atoms with Gasteiger partial charge in [0.1, 0.15) is 24.1 Å². The van der Waals surface area contributed by atoms with Gasteiger partial charge >= 0.3 is 6.09 Å². The van der Waals surface area contributed by atoms with Crippen LogP contribution in [0.2, 0.25) is 0 Å². The maximum absolute atomic E-state index is 11.8. The van der Waals surface area contributed by atoms with Crippen LogP contribution in [0.1, 0.15) is 25.5 Å². The number of ketones is 2. The third kappa shape index (κ3) is 4.87. The predicted molar refractivity (Wildman–Crippen MR) is 78.7 cm³/mol. The Labute approximate surface area is 124 Å². The van der Waals surface area contributed by atoms with Gasteiger partial charge in [0.05, 0.1) is 6.04 Å². The summed E-state index contributed by atoms with van der Waals surface area (Å²) < 4.78 is 4.86. The fourth-order valence-electron chi connectivity index (χ4n) is 2.08. The molecule has 0 spiro atoms. The average molecular weight is 289 g/mol. The fourth-order valence-corrected chi connectivity index (χ4v) is 2.08. The Morgan fingerprint density at radius 1 is 1.19 bits per heavy atom. The lowest BCUT2D eigenvalue weighted by Gasteiger charge is -2.24. The number of hydrogen-bond acceptors (Lipinski definition) is 4. The zero-order valence-corrected chi connectivity index (χ0v) is 12.2. The summed E-state index contributed by atoms with van der Waals surface area (Å²) in [5.74, 6) is -1.55. The monoisotopic (exact) mass is 289 g/mol.